The van der Waals surface area contributed by atoms with Gasteiger partial charge in [0.2, 0.25) is 0 Å². The van der Waals surface area contributed by atoms with Crippen LogP contribution >= 0.6 is 11.8 Å². The van der Waals surface area contributed by atoms with Gasteiger partial charge in [0.15, 0.2) is 0 Å². The highest BCUT2D eigenvalue weighted by Gasteiger charge is 2.18. The summed E-state index contributed by atoms with van der Waals surface area (Å²) < 4.78 is 28.6. The monoisotopic (exact) mass is 542 g/mol. The Morgan fingerprint density at radius 2 is 1.63 bits per heavy atom. The van der Waals surface area contributed by atoms with Crippen molar-refractivity contribution in [1.82, 2.24) is 5.43 Å². The van der Waals surface area contributed by atoms with Gasteiger partial charge in [-0.3, -0.25) is 9.52 Å². The van der Waals surface area contributed by atoms with Gasteiger partial charge in [-0.2, -0.15) is 5.10 Å². The molecule has 0 saturated carbocycles. The van der Waals surface area contributed by atoms with Crippen molar-refractivity contribution < 1.29 is 13.2 Å². The van der Waals surface area contributed by atoms with Crippen LogP contribution in [0.3, 0.4) is 0 Å². The van der Waals surface area contributed by atoms with Crippen molar-refractivity contribution in [3.8, 4) is 0 Å². The molecule has 1 heterocycles. The molecule has 0 saturated heterocycles. The molecule has 0 unspecified atom stereocenters. The molecule has 1 aliphatic rings. The number of aryl methyl sites for hydroxylation is 2. The van der Waals surface area contributed by atoms with Crippen molar-refractivity contribution in [2.24, 2.45) is 5.10 Å². The molecule has 0 atom stereocenters. The number of fused-ring (bicyclic) bond motifs is 2. The number of para-hydroxylation sites is 1. The standard InChI is InChI=1S/C29H26N4O3S2/c1-18-11-13-24(19(2)15-18)33-38(35,36)23-8-6-7-22(16-23)29(34)32-31-20(3)21-12-14-28-26(17-21)30-25-9-4-5-10-27(25)37-28/h4-17,30,33H,1-3H3,(H,32,34)/b31-20+. The Bertz CT molecular complexity index is 1700. The highest BCUT2D eigenvalue weighted by molar-refractivity contribution is 7.99. The first-order valence-electron chi connectivity index (χ1n) is 11.9. The summed E-state index contributed by atoms with van der Waals surface area (Å²) in [6, 6.07) is 25.4. The maximum absolute atomic E-state index is 13.0. The van der Waals surface area contributed by atoms with E-state index in [9.17, 15) is 13.2 Å². The molecule has 4 aromatic carbocycles. The molecule has 7 nitrogen and oxygen atoms in total. The molecule has 192 valence electrons. The summed E-state index contributed by atoms with van der Waals surface area (Å²) in [6.45, 7) is 5.59. The fraction of sp³-hybridized carbons (Fsp3) is 0.103. The summed E-state index contributed by atoms with van der Waals surface area (Å²) in [6.07, 6.45) is 0. The number of benzene rings is 4. The normalized spacial score (nSPS) is 12.7. The van der Waals surface area contributed by atoms with Crippen LogP contribution in [0.2, 0.25) is 0 Å². The van der Waals surface area contributed by atoms with Crippen LogP contribution in [0.4, 0.5) is 17.1 Å². The van der Waals surface area contributed by atoms with Crippen molar-refractivity contribution in [1.29, 1.82) is 0 Å². The molecule has 0 fully saturated rings. The topological polar surface area (TPSA) is 99.7 Å². The molecule has 0 spiro atoms. The van der Waals surface area contributed by atoms with Gasteiger partial charge < -0.3 is 5.32 Å². The zero-order valence-corrected chi connectivity index (χ0v) is 22.7. The van der Waals surface area contributed by atoms with E-state index in [4.69, 9.17) is 0 Å². The average molecular weight is 543 g/mol. The van der Waals surface area contributed by atoms with Crippen molar-refractivity contribution in [3.63, 3.8) is 0 Å². The Morgan fingerprint density at radius 1 is 0.842 bits per heavy atom. The molecular weight excluding hydrogens is 516 g/mol. The number of carbonyl (C=O) groups is 1. The number of hydrazone groups is 1. The fourth-order valence-electron chi connectivity index (χ4n) is 4.06. The van der Waals surface area contributed by atoms with E-state index in [1.165, 1.54) is 23.1 Å². The average Bonchev–Trinajstić information content (AvgIpc) is 2.91. The van der Waals surface area contributed by atoms with Crippen LogP contribution in [0.15, 0.2) is 105 Å². The first-order valence-corrected chi connectivity index (χ1v) is 14.2. The molecule has 0 bridgehead atoms. The van der Waals surface area contributed by atoms with E-state index in [2.05, 4.69) is 26.6 Å². The predicted octanol–water partition coefficient (Wildman–Crippen LogP) is 6.47. The minimum atomic E-state index is -3.88. The molecule has 38 heavy (non-hydrogen) atoms. The third-order valence-corrected chi connectivity index (χ3v) is 8.65. The second kappa shape index (κ2) is 10.4. The van der Waals surface area contributed by atoms with Crippen LogP contribution in [0.25, 0.3) is 0 Å². The molecule has 0 aromatic heterocycles. The lowest BCUT2D eigenvalue weighted by Crippen LogP contribution is -2.20. The van der Waals surface area contributed by atoms with Gasteiger partial charge >= 0.3 is 0 Å². The van der Waals surface area contributed by atoms with Gasteiger partial charge in [0.05, 0.1) is 27.7 Å². The molecule has 1 amide bonds. The minimum absolute atomic E-state index is 0.00984. The summed E-state index contributed by atoms with van der Waals surface area (Å²) in [5.74, 6) is -0.506. The van der Waals surface area contributed by atoms with Crippen LogP contribution in [-0.2, 0) is 10.0 Å². The molecule has 1 aliphatic heterocycles. The number of nitrogens with one attached hydrogen (secondary N) is 3. The number of amides is 1. The summed E-state index contributed by atoms with van der Waals surface area (Å²) >= 11 is 1.70. The molecule has 5 rings (SSSR count). The Balaban J connectivity index is 1.30. The Labute approximate surface area is 226 Å². The second-order valence-corrected chi connectivity index (χ2v) is 11.8. The van der Waals surface area contributed by atoms with Gasteiger partial charge in [-0.15, -0.1) is 0 Å². The number of rotatable bonds is 6. The van der Waals surface area contributed by atoms with E-state index in [0.29, 0.717) is 11.4 Å². The first kappa shape index (κ1) is 25.6. The van der Waals surface area contributed by atoms with E-state index in [1.807, 2.05) is 62.4 Å². The molecule has 9 heteroatoms. The maximum Gasteiger partial charge on any atom is 0.271 e. The zero-order chi connectivity index (χ0) is 26.9. The summed E-state index contributed by atoms with van der Waals surface area (Å²) in [4.78, 5) is 15.1. The van der Waals surface area contributed by atoms with Gasteiger partial charge in [0, 0.05) is 15.4 Å². The third-order valence-electron chi connectivity index (χ3n) is 6.13. The Kier molecular flexibility index (Phi) is 6.96. The third kappa shape index (κ3) is 5.44. The van der Waals surface area contributed by atoms with Crippen molar-refractivity contribution in [3.05, 3.63) is 107 Å². The van der Waals surface area contributed by atoms with E-state index < -0.39 is 15.9 Å². The van der Waals surface area contributed by atoms with Crippen molar-refractivity contribution in [2.75, 3.05) is 10.0 Å². The van der Waals surface area contributed by atoms with Crippen LogP contribution in [0, 0.1) is 13.8 Å². The van der Waals surface area contributed by atoms with Crippen molar-refractivity contribution in [2.45, 2.75) is 35.5 Å². The lowest BCUT2D eigenvalue weighted by atomic mass is 10.1. The Morgan fingerprint density at radius 3 is 2.45 bits per heavy atom. The molecule has 0 radical (unpaired) electrons. The number of anilines is 3. The van der Waals surface area contributed by atoms with E-state index in [1.54, 1.807) is 30.8 Å². The molecule has 3 N–H and O–H groups in total. The number of sulfonamides is 1. The smallest absolute Gasteiger partial charge is 0.271 e. The quantitative estimate of drug-likeness (QED) is 0.169. The van der Waals surface area contributed by atoms with Crippen LogP contribution in [-0.4, -0.2) is 20.0 Å². The molecule has 0 aliphatic carbocycles. The predicted molar refractivity (Wildman–Crippen MR) is 153 cm³/mol. The van der Waals surface area contributed by atoms with Crippen LogP contribution < -0.4 is 15.5 Å². The first-order chi connectivity index (χ1) is 18.2. The van der Waals surface area contributed by atoms with E-state index in [-0.39, 0.29) is 10.5 Å². The maximum atomic E-state index is 13.0. The van der Waals surface area contributed by atoms with E-state index >= 15 is 0 Å². The largest absolute Gasteiger partial charge is 0.354 e. The van der Waals surface area contributed by atoms with Gasteiger partial charge in [-0.25, -0.2) is 13.8 Å². The summed E-state index contributed by atoms with van der Waals surface area (Å²) in [5.41, 5.74) is 8.56. The minimum Gasteiger partial charge on any atom is -0.354 e. The van der Waals surface area contributed by atoms with Crippen LogP contribution in [0.5, 0.6) is 0 Å². The number of hydrogen-bond donors (Lipinski definition) is 3. The number of nitrogens with zero attached hydrogens (tertiary/aromatic N) is 1. The van der Waals surface area contributed by atoms with Crippen LogP contribution in [0.1, 0.15) is 34.0 Å². The number of hydrogen-bond acceptors (Lipinski definition) is 6. The lowest BCUT2D eigenvalue weighted by molar-refractivity contribution is 0.0954. The highest BCUT2D eigenvalue weighted by Crippen LogP contribution is 2.44. The second-order valence-electron chi connectivity index (χ2n) is 9.02. The van der Waals surface area contributed by atoms with E-state index in [0.717, 1.165) is 33.0 Å². The van der Waals surface area contributed by atoms with Gasteiger partial charge in [-0.1, -0.05) is 53.7 Å². The summed E-state index contributed by atoms with van der Waals surface area (Å²) in [7, 11) is -3.88. The fourth-order valence-corrected chi connectivity index (χ4v) is 6.21. The molecule has 4 aromatic rings. The van der Waals surface area contributed by atoms with Crippen molar-refractivity contribution >= 4 is 50.5 Å². The van der Waals surface area contributed by atoms with Gasteiger partial charge in [0.25, 0.3) is 15.9 Å². The zero-order valence-electron chi connectivity index (χ0n) is 21.1. The van der Waals surface area contributed by atoms with Gasteiger partial charge in [0.1, 0.15) is 0 Å². The number of carbonyl (C=O) groups excluding carboxylic acids is 1. The lowest BCUT2D eigenvalue weighted by Gasteiger charge is -2.21. The highest BCUT2D eigenvalue weighted by atomic mass is 32.2. The Hall–Kier alpha value is -4.08. The molecular formula is C29H26N4O3S2. The summed E-state index contributed by atoms with van der Waals surface area (Å²) in [5, 5.41) is 7.71. The van der Waals surface area contributed by atoms with Gasteiger partial charge in [-0.05, 0) is 80.4 Å². The SMILES string of the molecule is C/C(=N\NC(=O)c1cccc(S(=O)(=O)Nc2ccc(C)cc2C)c1)c1ccc2c(c1)Nc1ccccc1S2.